The van der Waals surface area contributed by atoms with E-state index in [1.165, 1.54) is 17.5 Å². The minimum Gasteiger partial charge on any atom is -0.310 e. The van der Waals surface area contributed by atoms with Gasteiger partial charge in [-0.3, -0.25) is 0 Å². The lowest BCUT2D eigenvalue weighted by atomic mass is 10.2. The highest BCUT2D eigenvalue weighted by molar-refractivity contribution is 8.00. The molecule has 0 radical (unpaired) electrons. The second-order valence-electron chi connectivity index (χ2n) is 3.95. The van der Waals surface area contributed by atoms with Crippen LogP contribution < -0.4 is 4.72 Å². The van der Waals surface area contributed by atoms with Gasteiger partial charge in [-0.1, -0.05) is 23.2 Å². The summed E-state index contributed by atoms with van der Waals surface area (Å²) in [5, 5.41) is 1.33. The Morgan fingerprint density at radius 3 is 2.61 bits per heavy atom. The molecule has 0 saturated heterocycles. The third kappa shape index (κ3) is 3.55. The number of pyridine rings is 1. The fourth-order valence-corrected chi connectivity index (χ4v) is 2.70. The molecule has 0 unspecified atom stereocenters. The van der Waals surface area contributed by atoms with Crippen LogP contribution in [0.3, 0.4) is 0 Å². The molecule has 0 bridgehead atoms. The highest BCUT2D eigenvalue weighted by atomic mass is 35.5. The maximum Gasteiger partial charge on any atom is 0.136 e. The molecule has 94 valence electrons. The number of anilines is 1. The molecule has 2 rings (SSSR count). The van der Waals surface area contributed by atoms with Crippen LogP contribution >= 0.6 is 35.1 Å². The van der Waals surface area contributed by atoms with Gasteiger partial charge in [-0.2, -0.15) is 0 Å². The number of halogens is 2. The Morgan fingerprint density at radius 1 is 1.11 bits per heavy atom. The van der Waals surface area contributed by atoms with Crippen molar-refractivity contribution in [1.29, 1.82) is 0 Å². The summed E-state index contributed by atoms with van der Waals surface area (Å²) in [6, 6.07) is 9.39. The molecular formula is C13H12Cl2N2S. The molecule has 2 nitrogen and oxygen atoms in total. The van der Waals surface area contributed by atoms with Gasteiger partial charge in [0.1, 0.15) is 5.82 Å². The van der Waals surface area contributed by atoms with Crippen molar-refractivity contribution in [3.63, 3.8) is 0 Å². The van der Waals surface area contributed by atoms with Gasteiger partial charge < -0.3 is 4.72 Å². The molecule has 1 heterocycles. The molecule has 0 aliphatic rings. The first-order valence-electron chi connectivity index (χ1n) is 5.38. The van der Waals surface area contributed by atoms with Gasteiger partial charge in [-0.05, 0) is 61.7 Å². The van der Waals surface area contributed by atoms with Crippen LogP contribution in [-0.4, -0.2) is 4.98 Å². The molecule has 18 heavy (non-hydrogen) atoms. The Kier molecular flexibility index (Phi) is 4.38. The van der Waals surface area contributed by atoms with Crippen LogP contribution in [-0.2, 0) is 0 Å². The van der Waals surface area contributed by atoms with Gasteiger partial charge in [0.15, 0.2) is 0 Å². The van der Waals surface area contributed by atoms with Crippen LogP contribution in [0.25, 0.3) is 0 Å². The lowest BCUT2D eigenvalue weighted by Gasteiger charge is -2.08. The Hall–Kier alpha value is -0.900. The molecule has 1 aromatic heterocycles. The van der Waals surface area contributed by atoms with Gasteiger partial charge in [0, 0.05) is 15.6 Å². The molecule has 1 N–H and O–H groups in total. The largest absolute Gasteiger partial charge is 0.310 e. The van der Waals surface area contributed by atoms with Gasteiger partial charge in [0.25, 0.3) is 0 Å². The summed E-state index contributed by atoms with van der Waals surface area (Å²) in [6.45, 7) is 4.01. The van der Waals surface area contributed by atoms with Crippen LogP contribution in [0.1, 0.15) is 11.3 Å². The standard InChI is InChI=1S/C13H12Cl2N2S/c1-8-5-9(2)16-13(6-8)17-18-12-7-10(14)3-4-11(12)15/h3-7H,1-2H3,(H,16,17). The van der Waals surface area contributed by atoms with Gasteiger partial charge >= 0.3 is 0 Å². The molecule has 1 aromatic carbocycles. The van der Waals surface area contributed by atoms with E-state index in [1.807, 2.05) is 32.0 Å². The summed E-state index contributed by atoms with van der Waals surface area (Å²) < 4.78 is 3.17. The van der Waals surface area contributed by atoms with E-state index in [9.17, 15) is 0 Å². The maximum atomic E-state index is 6.09. The average Bonchev–Trinajstić information content (AvgIpc) is 2.29. The Bertz CT molecular complexity index is 553. The van der Waals surface area contributed by atoms with Gasteiger partial charge in [-0.15, -0.1) is 0 Å². The first-order chi connectivity index (χ1) is 8.54. The SMILES string of the molecule is Cc1cc(C)nc(NSc2cc(Cl)ccc2Cl)c1. The minimum atomic E-state index is 0.664. The van der Waals surface area contributed by atoms with Crippen molar-refractivity contribution in [3.8, 4) is 0 Å². The van der Waals surface area contributed by atoms with Crippen LogP contribution in [0.4, 0.5) is 5.82 Å². The number of benzene rings is 1. The minimum absolute atomic E-state index is 0.664. The zero-order valence-electron chi connectivity index (χ0n) is 10.00. The quantitative estimate of drug-likeness (QED) is 0.796. The van der Waals surface area contributed by atoms with Crippen LogP contribution in [0.5, 0.6) is 0 Å². The molecular weight excluding hydrogens is 287 g/mol. The third-order valence-electron chi connectivity index (χ3n) is 2.26. The van der Waals surface area contributed by atoms with Crippen LogP contribution in [0.2, 0.25) is 10.0 Å². The highest BCUT2D eigenvalue weighted by Crippen LogP contribution is 2.30. The zero-order valence-corrected chi connectivity index (χ0v) is 12.3. The monoisotopic (exact) mass is 298 g/mol. The normalized spacial score (nSPS) is 10.4. The molecule has 0 spiro atoms. The van der Waals surface area contributed by atoms with E-state index in [1.54, 1.807) is 12.1 Å². The smallest absolute Gasteiger partial charge is 0.136 e. The molecule has 0 aliphatic heterocycles. The summed E-state index contributed by atoms with van der Waals surface area (Å²) in [4.78, 5) is 5.27. The Morgan fingerprint density at radius 2 is 1.89 bits per heavy atom. The second-order valence-corrected chi connectivity index (χ2v) is 5.64. The van der Waals surface area contributed by atoms with Crippen LogP contribution in [0, 0.1) is 13.8 Å². The first-order valence-corrected chi connectivity index (χ1v) is 6.95. The third-order valence-corrected chi connectivity index (χ3v) is 3.80. The van der Waals surface area contributed by atoms with E-state index in [0.717, 1.165) is 16.4 Å². The molecule has 5 heteroatoms. The van der Waals surface area contributed by atoms with E-state index >= 15 is 0 Å². The van der Waals surface area contributed by atoms with Crippen molar-refractivity contribution in [1.82, 2.24) is 4.98 Å². The van der Waals surface area contributed by atoms with Crippen molar-refractivity contribution in [2.24, 2.45) is 0 Å². The topological polar surface area (TPSA) is 24.9 Å². The first kappa shape index (κ1) is 13.5. The number of rotatable bonds is 3. The molecule has 0 atom stereocenters. The molecule has 2 aromatic rings. The van der Waals surface area contributed by atoms with E-state index in [-0.39, 0.29) is 0 Å². The number of hydrogen-bond donors (Lipinski definition) is 1. The van der Waals surface area contributed by atoms with Crippen molar-refractivity contribution in [2.45, 2.75) is 18.7 Å². The van der Waals surface area contributed by atoms with Gasteiger partial charge in [0.2, 0.25) is 0 Å². The Labute approximate surface area is 121 Å². The van der Waals surface area contributed by atoms with E-state index in [4.69, 9.17) is 23.2 Å². The van der Waals surface area contributed by atoms with Gasteiger partial charge in [0.05, 0.1) is 5.02 Å². The molecule has 0 saturated carbocycles. The fourth-order valence-electron chi connectivity index (χ4n) is 1.56. The molecule has 0 amide bonds. The van der Waals surface area contributed by atoms with Crippen molar-refractivity contribution < 1.29 is 0 Å². The number of nitrogens with zero attached hydrogens (tertiary/aromatic N) is 1. The Balaban J connectivity index is 2.13. The number of aromatic nitrogens is 1. The predicted octanol–water partition coefficient (Wildman–Crippen LogP) is 5.12. The summed E-state index contributed by atoms with van der Waals surface area (Å²) >= 11 is 13.4. The second kappa shape index (κ2) is 5.83. The van der Waals surface area contributed by atoms with Crippen molar-refractivity contribution in [3.05, 3.63) is 51.6 Å². The lowest BCUT2D eigenvalue weighted by molar-refractivity contribution is 1.19. The summed E-state index contributed by atoms with van der Waals surface area (Å²) in [7, 11) is 0. The average molecular weight is 299 g/mol. The molecule has 0 aliphatic carbocycles. The van der Waals surface area contributed by atoms with E-state index < -0.39 is 0 Å². The summed E-state index contributed by atoms with van der Waals surface area (Å²) in [6.07, 6.45) is 0. The van der Waals surface area contributed by atoms with Gasteiger partial charge in [-0.25, -0.2) is 4.98 Å². The van der Waals surface area contributed by atoms with E-state index in [0.29, 0.717) is 10.0 Å². The zero-order chi connectivity index (χ0) is 13.1. The van der Waals surface area contributed by atoms with E-state index in [2.05, 4.69) is 9.71 Å². The summed E-state index contributed by atoms with van der Waals surface area (Å²) in [5.41, 5.74) is 2.15. The maximum absolute atomic E-state index is 6.09. The predicted molar refractivity (Wildman–Crippen MR) is 79.7 cm³/mol. The number of nitrogens with one attached hydrogen (secondary N) is 1. The van der Waals surface area contributed by atoms with Crippen molar-refractivity contribution in [2.75, 3.05) is 4.72 Å². The molecule has 0 fully saturated rings. The number of aryl methyl sites for hydroxylation is 2. The lowest BCUT2D eigenvalue weighted by Crippen LogP contribution is -1.93. The van der Waals surface area contributed by atoms with Crippen LogP contribution in [0.15, 0.2) is 35.2 Å². The summed E-state index contributed by atoms with van der Waals surface area (Å²) in [5.74, 6) is 0.813. The van der Waals surface area contributed by atoms with Crippen molar-refractivity contribution >= 4 is 41.0 Å². The fraction of sp³-hybridized carbons (Fsp3) is 0.154. The number of hydrogen-bond acceptors (Lipinski definition) is 3. The highest BCUT2D eigenvalue weighted by Gasteiger charge is 2.04.